The van der Waals surface area contributed by atoms with Gasteiger partial charge in [-0.1, -0.05) is 23.8 Å². The first kappa shape index (κ1) is 15.6. The quantitative estimate of drug-likeness (QED) is 0.617. The van der Waals surface area contributed by atoms with Gasteiger partial charge in [0.1, 0.15) is 0 Å². The molecule has 2 aliphatic rings. The molecule has 0 saturated carbocycles. The van der Waals surface area contributed by atoms with E-state index >= 15 is 0 Å². The summed E-state index contributed by atoms with van der Waals surface area (Å²) in [5, 5.41) is 0. The Morgan fingerprint density at radius 1 is 1.35 bits per heavy atom. The van der Waals surface area contributed by atoms with E-state index in [9.17, 15) is 4.79 Å². The summed E-state index contributed by atoms with van der Waals surface area (Å²) < 4.78 is 15.6. The molecule has 0 spiro atoms. The Kier molecular flexibility index (Phi) is 4.98. The maximum Gasteiger partial charge on any atom is 0.330 e. The molecule has 122 valence electrons. The zero-order valence-corrected chi connectivity index (χ0v) is 13.3. The van der Waals surface area contributed by atoms with Crippen LogP contribution in [0.5, 0.6) is 11.5 Å². The van der Waals surface area contributed by atoms with Crippen molar-refractivity contribution in [1.82, 2.24) is 4.90 Å². The topological polar surface area (TPSA) is 48.0 Å². The summed E-state index contributed by atoms with van der Waals surface area (Å²) in [6.07, 6.45) is 6.28. The largest absolute Gasteiger partial charge is 0.463 e. The number of rotatable bonds is 5. The van der Waals surface area contributed by atoms with Gasteiger partial charge in [0.05, 0.1) is 6.61 Å². The molecule has 3 rings (SSSR count). The Labute approximate surface area is 136 Å². The third-order valence-corrected chi connectivity index (χ3v) is 3.87. The molecule has 5 heteroatoms. The van der Waals surface area contributed by atoms with Gasteiger partial charge >= 0.3 is 5.97 Å². The van der Waals surface area contributed by atoms with Gasteiger partial charge in [-0.15, -0.1) is 0 Å². The number of esters is 1. The van der Waals surface area contributed by atoms with Crippen molar-refractivity contribution in [2.75, 3.05) is 26.5 Å². The first-order chi connectivity index (χ1) is 11.2. The van der Waals surface area contributed by atoms with Gasteiger partial charge in [-0.05, 0) is 31.0 Å². The number of ether oxygens (including phenoxy) is 3. The number of likely N-dealkylation sites (tertiary alicyclic amines) is 1. The van der Waals surface area contributed by atoms with Crippen LogP contribution in [0.2, 0.25) is 0 Å². The van der Waals surface area contributed by atoms with Gasteiger partial charge in [0.25, 0.3) is 0 Å². The smallest absolute Gasteiger partial charge is 0.330 e. The molecule has 0 N–H and O–H groups in total. The molecule has 2 heterocycles. The first-order valence-electron chi connectivity index (χ1n) is 7.88. The number of benzene rings is 1. The lowest BCUT2D eigenvalue weighted by Crippen LogP contribution is -2.18. The summed E-state index contributed by atoms with van der Waals surface area (Å²) >= 11 is 0. The molecule has 1 aromatic carbocycles. The van der Waals surface area contributed by atoms with Gasteiger partial charge in [-0.25, -0.2) is 4.79 Å². The van der Waals surface area contributed by atoms with Crippen molar-refractivity contribution in [1.29, 1.82) is 0 Å². The second-order valence-corrected chi connectivity index (χ2v) is 5.58. The lowest BCUT2D eigenvalue weighted by Gasteiger charge is -2.14. The van der Waals surface area contributed by atoms with Crippen molar-refractivity contribution >= 4 is 5.97 Å². The Balaban J connectivity index is 1.52. The van der Waals surface area contributed by atoms with E-state index in [2.05, 4.69) is 11.0 Å². The van der Waals surface area contributed by atoms with Crippen molar-refractivity contribution in [2.24, 2.45) is 0 Å². The normalized spacial score (nSPS) is 18.9. The number of hydrogen-bond acceptors (Lipinski definition) is 5. The van der Waals surface area contributed by atoms with Gasteiger partial charge in [-0.2, -0.15) is 0 Å². The van der Waals surface area contributed by atoms with E-state index < -0.39 is 0 Å². The molecule has 5 nitrogen and oxygen atoms in total. The molecule has 23 heavy (non-hydrogen) atoms. The van der Waals surface area contributed by atoms with E-state index in [-0.39, 0.29) is 5.97 Å². The third kappa shape index (κ3) is 4.13. The van der Waals surface area contributed by atoms with Crippen molar-refractivity contribution in [3.05, 3.63) is 47.6 Å². The molecule has 1 saturated heterocycles. The zero-order chi connectivity index (χ0) is 16.1. The maximum atomic E-state index is 11.2. The van der Waals surface area contributed by atoms with Crippen molar-refractivity contribution in [3.63, 3.8) is 0 Å². The van der Waals surface area contributed by atoms with E-state index in [1.807, 2.05) is 18.2 Å². The molecule has 1 fully saturated rings. The summed E-state index contributed by atoms with van der Waals surface area (Å²) in [6.45, 7) is 5.34. The summed E-state index contributed by atoms with van der Waals surface area (Å²) in [5.41, 5.74) is 2.55. The van der Waals surface area contributed by atoms with Crippen LogP contribution in [0.15, 0.2) is 42.0 Å². The zero-order valence-electron chi connectivity index (χ0n) is 13.3. The third-order valence-electron chi connectivity index (χ3n) is 3.87. The van der Waals surface area contributed by atoms with Crippen molar-refractivity contribution < 1.29 is 19.0 Å². The van der Waals surface area contributed by atoms with Gasteiger partial charge in [-0.3, -0.25) is 4.90 Å². The summed E-state index contributed by atoms with van der Waals surface area (Å²) in [7, 11) is 0. The predicted molar refractivity (Wildman–Crippen MR) is 86.3 cm³/mol. The van der Waals surface area contributed by atoms with Crippen molar-refractivity contribution in [2.45, 2.75) is 19.9 Å². The van der Waals surface area contributed by atoms with Crippen LogP contribution in [0.1, 0.15) is 18.9 Å². The molecule has 0 bridgehead atoms. The molecule has 0 aromatic heterocycles. The Hall–Kier alpha value is -2.27. The van der Waals surface area contributed by atoms with E-state index in [4.69, 9.17) is 14.2 Å². The Morgan fingerprint density at radius 2 is 2.22 bits per heavy atom. The molecule has 0 amide bonds. The van der Waals surface area contributed by atoms with E-state index in [0.29, 0.717) is 13.4 Å². The molecule has 0 radical (unpaired) electrons. The maximum absolute atomic E-state index is 11.2. The molecular weight excluding hydrogens is 294 g/mol. The van der Waals surface area contributed by atoms with Crippen LogP contribution in [0.4, 0.5) is 0 Å². The highest BCUT2D eigenvalue weighted by Gasteiger charge is 2.18. The molecule has 0 atom stereocenters. The van der Waals surface area contributed by atoms with Gasteiger partial charge in [0, 0.05) is 25.7 Å². The Morgan fingerprint density at radius 3 is 3.09 bits per heavy atom. The number of fused-ring (bicyclic) bond motifs is 1. The van der Waals surface area contributed by atoms with Crippen LogP contribution in [0.25, 0.3) is 0 Å². The number of carbonyl (C=O) groups excluding carboxylic acids is 1. The highest BCUT2D eigenvalue weighted by molar-refractivity contribution is 5.82. The minimum atomic E-state index is -0.292. The van der Waals surface area contributed by atoms with Crippen LogP contribution in [0.3, 0.4) is 0 Å². The number of allylic oxidation sites excluding steroid dienone is 2. The van der Waals surface area contributed by atoms with Crippen LogP contribution in [-0.2, 0) is 16.1 Å². The summed E-state index contributed by atoms with van der Waals surface area (Å²) in [6, 6.07) is 6.09. The Bertz CT molecular complexity index is 636. The second-order valence-electron chi connectivity index (χ2n) is 5.58. The summed E-state index contributed by atoms with van der Waals surface area (Å²) in [5.74, 6) is 1.36. The monoisotopic (exact) mass is 315 g/mol. The molecule has 0 unspecified atom stereocenters. The van der Waals surface area contributed by atoms with Gasteiger partial charge in [0.2, 0.25) is 6.79 Å². The highest BCUT2D eigenvalue weighted by atomic mass is 16.7. The number of carbonyl (C=O) groups is 1. The average Bonchev–Trinajstić information content (AvgIpc) is 3.16. The fourth-order valence-corrected chi connectivity index (χ4v) is 2.77. The van der Waals surface area contributed by atoms with Crippen LogP contribution >= 0.6 is 0 Å². The minimum absolute atomic E-state index is 0.292. The lowest BCUT2D eigenvalue weighted by molar-refractivity contribution is -0.137. The minimum Gasteiger partial charge on any atom is -0.463 e. The summed E-state index contributed by atoms with van der Waals surface area (Å²) in [4.78, 5) is 13.6. The highest BCUT2D eigenvalue weighted by Crippen LogP contribution is 2.33. The fourth-order valence-electron chi connectivity index (χ4n) is 2.77. The van der Waals surface area contributed by atoms with Crippen LogP contribution in [0, 0.1) is 0 Å². The van der Waals surface area contributed by atoms with Gasteiger partial charge in [0.15, 0.2) is 11.5 Å². The number of nitrogens with zero attached hydrogens (tertiary/aromatic N) is 1. The van der Waals surface area contributed by atoms with E-state index in [0.717, 1.165) is 37.6 Å². The molecule has 0 aliphatic carbocycles. The SMILES string of the molecule is CCOC(=O)/C=C/C=C1/CCN(Cc2ccc3c(c2)OCO3)C1. The first-order valence-corrected chi connectivity index (χ1v) is 7.88. The van der Waals surface area contributed by atoms with Crippen LogP contribution in [-0.4, -0.2) is 37.4 Å². The molecular formula is C18H21NO4. The molecule has 1 aromatic rings. The standard InChI is InChI=1S/C18H21NO4/c1-2-21-18(20)5-3-4-14-8-9-19(11-14)12-15-6-7-16-17(10-15)23-13-22-16/h3-7,10H,2,8-9,11-13H2,1H3/b5-3+,14-4-. The fraction of sp³-hybridized carbons (Fsp3) is 0.389. The van der Waals surface area contributed by atoms with Gasteiger partial charge < -0.3 is 14.2 Å². The van der Waals surface area contributed by atoms with Crippen molar-refractivity contribution in [3.8, 4) is 11.5 Å². The number of hydrogen-bond donors (Lipinski definition) is 0. The average molecular weight is 315 g/mol. The second kappa shape index (κ2) is 7.33. The predicted octanol–water partition coefficient (Wildman–Crippen LogP) is 2.67. The van der Waals surface area contributed by atoms with Crippen LogP contribution < -0.4 is 9.47 Å². The lowest BCUT2D eigenvalue weighted by atomic mass is 10.2. The van der Waals surface area contributed by atoms with E-state index in [1.54, 1.807) is 13.0 Å². The molecule has 2 aliphatic heterocycles. The van der Waals surface area contributed by atoms with E-state index in [1.165, 1.54) is 17.2 Å².